The molecule has 110 valence electrons. The standard InChI is InChI=1S/C14H23N5O/c1-11-10-13(15)17-14(16-11)19-4-2-12(3-5-19)18-6-8-20-9-7-18/h10,12H,2-9H2,1H3,(H2,15,16,17). The third kappa shape index (κ3) is 3.02. The van der Waals surface area contributed by atoms with Gasteiger partial charge in [-0.3, -0.25) is 4.90 Å². The highest BCUT2D eigenvalue weighted by Gasteiger charge is 2.26. The van der Waals surface area contributed by atoms with E-state index in [0.717, 1.165) is 63.9 Å². The van der Waals surface area contributed by atoms with Crippen LogP contribution in [0.25, 0.3) is 0 Å². The fraction of sp³-hybridized carbons (Fsp3) is 0.714. The predicted octanol–water partition coefficient (Wildman–Crippen LogP) is 0.668. The van der Waals surface area contributed by atoms with Crippen molar-refractivity contribution in [2.24, 2.45) is 0 Å². The summed E-state index contributed by atoms with van der Waals surface area (Å²) in [5.74, 6) is 1.34. The van der Waals surface area contributed by atoms with E-state index >= 15 is 0 Å². The minimum atomic E-state index is 0.558. The van der Waals surface area contributed by atoms with Crippen molar-refractivity contribution < 1.29 is 4.74 Å². The molecule has 6 heteroatoms. The van der Waals surface area contributed by atoms with Crippen molar-refractivity contribution in [1.29, 1.82) is 0 Å². The summed E-state index contributed by atoms with van der Waals surface area (Å²) in [6.07, 6.45) is 2.33. The Morgan fingerprint density at radius 1 is 1.15 bits per heavy atom. The minimum Gasteiger partial charge on any atom is -0.384 e. The van der Waals surface area contributed by atoms with Crippen LogP contribution in [0.3, 0.4) is 0 Å². The number of nitrogen functional groups attached to an aromatic ring is 1. The molecule has 3 rings (SSSR count). The van der Waals surface area contributed by atoms with Gasteiger partial charge < -0.3 is 15.4 Å². The van der Waals surface area contributed by atoms with Crippen LogP contribution < -0.4 is 10.6 Å². The Morgan fingerprint density at radius 2 is 1.85 bits per heavy atom. The predicted molar refractivity (Wildman–Crippen MR) is 78.8 cm³/mol. The Labute approximate surface area is 119 Å². The molecule has 2 fully saturated rings. The molecule has 6 nitrogen and oxygen atoms in total. The van der Waals surface area contributed by atoms with Gasteiger partial charge in [-0.1, -0.05) is 0 Å². The molecule has 2 aliphatic heterocycles. The van der Waals surface area contributed by atoms with Crippen molar-refractivity contribution in [3.63, 3.8) is 0 Å². The molecule has 0 amide bonds. The minimum absolute atomic E-state index is 0.558. The first-order valence-electron chi connectivity index (χ1n) is 7.40. The number of ether oxygens (including phenoxy) is 1. The van der Waals surface area contributed by atoms with Gasteiger partial charge in [-0.25, -0.2) is 4.98 Å². The maximum Gasteiger partial charge on any atom is 0.227 e. The van der Waals surface area contributed by atoms with Crippen molar-refractivity contribution in [3.8, 4) is 0 Å². The molecule has 2 N–H and O–H groups in total. The van der Waals surface area contributed by atoms with Gasteiger partial charge in [0.05, 0.1) is 13.2 Å². The summed E-state index contributed by atoms with van der Waals surface area (Å²) < 4.78 is 5.42. The molecule has 0 aromatic carbocycles. The van der Waals surface area contributed by atoms with Crippen LogP contribution >= 0.6 is 0 Å². The number of nitrogens with zero attached hydrogens (tertiary/aromatic N) is 4. The third-order valence-electron chi connectivity index (χ3n) is 4.17. The second kappa shape index (κ2) is 5.93. The molecular formula is C14H23N5O. The van der Waals surface area contributed by atoms with Crippen LogP contribution in [0.15, 0.2) is 6.07 Å². The van der Waals surface area contributed by atoms with Gasteiger partial charge in [-0.05, 0) is 19.8 Å². The fourth-order valence-electron chi connectivity index (χ4n) is 3.09. The Kier molecular flexibility index (Phi) is 4.03. The SMILES string of the molecule is Cc1cc(N)nc(N2CCC(N3CCOCC3)CC2)n1. The zero-order chi connectivity index (χ0) is 13.9. The molecule has 0 unspecified atom stereocenters. The second-order valence-corrected chi connectivity index (χ2v) is 5.60. The van der Waals surface area contributed by atoms with Gasteiger partial charge in [0.25, 0.3) is 0 Å². The average Bonchev–Trinajstić information content (AvgIpc) is 2.47. The smallest absolute Gasteiger partial charge is 0.227 e. The second-order valence-electron chi connectivity index (χ2n) is 5.60. The van der Waals surface area contributed by atoms with E-state index in [4.69, 9.17) is 10.5 Å². The Bertz CT molecular complexity index is 433. The van der Waals surface area contributed by atoms with E-state index in [0.29, 0.717) is 11.9 Å². The number of piperidine rings is 1. The molecule has 0 saturated carbocycles. The normalized spacial score (nSPS) is 22.1. The molecule has 0 spiro atoms. The van der Waals surface area contributed by atoms with Crippen molar-refractivity contribution >= 4 is 11.8 Å². The van der Waals surface area contributed by atoms with Crippen LogP contribution in [0.4, 0.5) is 11.8 Å². The molecule has 2 saturated heterocycles. The monoisotopic (exact) mass is 277 g/mol. The summed E-state index contributed by atoms with van der Waals surface area (Å²) in [6, 6.07) is 2.49. The van der Waals surface area contributed by atoms with E-state index in [1.807, 2.05) is 13.0 Å². The van der Waals surface area contributed by atoms with Gasteiger partial charge >= 0.3 is 0 Å². The number of hydrogen-bond donors (Lipinski definition) is 1. The first-order chi connectivity index (χ1) is 9.72. The fourth-order valence-corrected chi connectivity index (χ4v) is 3.09. The number of rotatable bonds is 2. The van der Waals surface area contributed by atoms with Crippen molar-refractivity contribution in [2.75, 3.05) is 50.0 Å². The molecule has 2 aliphatic rings. The number of aryl methyl sites for hydroxylation is 1. The van der Waals surface area contributed by atoms with Crippen molar-refractivity contribution in [1.82, 2.24) is 14.9 Å². The highest BCUT2D eigenvalue weighted by Crippen LogP contribution is 2.21. The highest BCUT2D eigenvalue weighted by molar-refractivity contribution is 5.40. The molecule has 0 radical (unpaired) electrons. The van der Waals surface area contributed by atoms with Crippen LogP contribution in [-0.4, -0.2) is 60.3 Å². The maximum atomic E-state index is 5.81. The lowest BCUT2D eigenvalue weighted by Crippen LogP contribution is -2.49. The number of aromatic nitrogens is 2. The van der Waals surface area contributed by atoms with Gasteiger partial charge in [-0.2, -0.15) is 4.98 Å². The molecule has 0 bridgehead atoms. The van der Waals surface area contributed by atoms with Gasteiger partial charge in [0.1, 0.15) is 5.82 Å². The number of nitrogens with two attached hydrogens (primary N) is 1. The summed E-state index contributed by atoms with van der Waals surface area (Å²) in [7, 11) is 0. The lowest BCUT2D eigenvalue weighted by molar-refractivity contribution is 0.0114. The number of anilines is 2. The van der Waals surface area contributed by atoms with E-state index in [-0.39, 0.29) is 0 Å². The molecule has 0 atom stereocenters. The van der Waals surface area contributed by atoms with Gasteiger partial charge in [0.2, 0.25) is 5.95 Å². The largest absolute Gasteiger partial charge is 0.384 e. The molecule has 1 aromatic rings. The van der Waals surface area contributed by atoms with E-state index in [1.165, 1.54) is 0 Å². The van der Waals surface area contributed by atoms with E-state index in [9.17, 15) is 0 Å². The molecular weight excluding hydrogens is 254 g/mol. The lowest BCUT2D eigenvalue weighted by atomic mass is 10.0. The zero-order valence-electron chi connectivity index (χ0n) is 12.1. The Morgan fingerprint density at radius 3 is 2.50 bits per heavy atom. The number of morpholine rings is 1. The van der Waals surface area contributed by atoms with Crippen LogP contribution in [-0.2, 0) is 4.74 Å². The topological polar surface area (TPSA) is 67.5 Å². The Balaban J connectivity index is 1.60. The molecule has 1 aromatic heterocycles. The summed E-state index contributed by atoms with van der Waals surface area (Å²) in [6.45, 7) is 7.85. The van der Waals surface area contributed by atoms with Crippen LogP contribution in [0.5, 0.6) is 0 Å². The Hall–Kier alpha value is -1.40. The van der Waals surface area contributed by atoms with Crippen LogP contribution in [0.1, 0.15) is 18.5 Å². The molecule has 20 heavy (non-hydrogen) atoms. The quantitative estimate of drug-likeness (QED) is 0.857. The zero-order valence-corrected chi connectivity index (χ0v) is 12.1. The van der Waals surface area contributed by atoms with Gasteiger partial charge in [0, 0.05) is 44.0 Å². The van der Waals surface area contributed by atoms with Crippen molar-refractivity contribution in [2.45, 2.75) is 25.8 Å². The summed E-state index contributed by atoms with van der Waals surface area (Å²) in [5, 5.41) is 0. The molecule has 0 aliphatic carbocycles. The molecule has 3 heterocycles. The summed E-state index contributed by atoms with van der Waals surface area (Å²) in [4.78, 5) is 13.7. The summed E-state index contributed by atoms with van der Waals surface area (Å²) in [5.41, 5.74) is 6.74. The number of hydrogen-bond acceptors (Lipinski definition) is 6. The lowest BCUT2D eigenvalue weighted by Gasteiger charge is -2.40. The van der Waals surface area contributed by atoms with Crippen LogP contribution in [0.2, 0.25) is 0 Å². The third-order valence-corrected chi connectivity index (χ3v) is 4.17. The van der Waals surface area contributed by atoms with E-state index in [1.54, 1.807) is 0 Å². The van der Waals surface area contributed by atoms with Gasteiger partial charge in [0.15, 0.2) is 0 Å². The highest BCUT2D eigenvalue weighted by atomic mass is 16.5. The van der Waals surface area contributed by atoms with Crippen LogP contribution in [0, 0.1) is 6.92 Å². The van der Waals surface area contributed by atoms with Crippen molar-refractivity contribution in [3.05, 3.63) is 11.8 Å². The van der Waals surface area contributed by atoms with E-state index in [2.05, 4.69) is 19.8 Å². The average molecular weight is 277 g/mol. The van der Waals surface area contributed by atoms with Gasteiger partial charge in [-0.15, -0.1) is 0 Å². The van der Waals surface area contributed by atoms with E-state index < -0.39 is 0 Å². The first-order valence-corrected chi connectivity index (χ1v) is 7.40. The maximum absolute atomic E-state index is 5.81. The first kappa shape index (κ1) is 13.6. The summed E-state index contributed by atoms with van der Waals surface area (Å²) >= 11 is 0.